The summed E-state index contributed by atoms with van der Waals surface area (Å²) in [5.74, 6) is -0.172. The van der Waals surface area contributed by atoms with Crippen LogP contribution in [0.5, 0.6) is 0 Å². The molecule has 1 atom stereocenters. The van der Waals surface area contributed by atoms with E-state index >= 15 is 0 Å². The van der Waals surface area contributed by atoms with Crippen LogP contribution in [0.3, 0.4) is 0 Å². The highest BCUT2D eigenvalue weighted by Gasteiger charge is 2.15. The second-order valence-electron chi connectivity index (χ2n) is 5.12. The van der Waals surface area contributed by atoms with Crippen LogP contribution < -0.4 is 16.0 Å². The molecule has 2 rings (SSSR count). The normalized spacial score (nSPS) is 17.2. The fourth-order valence-electron chi connectivity index (χ4n) is 2.27. The zero-order valence-electron chi connectivity index (χ0n) is 12.2. The Morgan fingerprint density at radius 2 is 2.00 bits per heavy atom. The van der Waals surface area contributed by atoms with Crippen molar-refractivity contribution in [3.8, 4) is 0 Å². The van der Waals surface area contributed by atoms with Crippen LogP contribution in [0.4, 0.5) is 0 Å². The lowest BCUT2D eigenvalue weighted by Crippen LogP contribution is -2.46. The molecule has 1 heterocycles. The van der Waals surface area contributed by atoms with E-state index in [1.54, 1.807) is 12.1 Å². The Balaban J connectivity index is 0.00000242. The third kappa shape index (κ3) is 6.34. The van der Waals surface area contributed by atoms with E-state index in [2.05, 4.69) is 31.9 Å². The van der Waals surface area contributed by atoms with Crippen molar-refractivity contribution in [2.24, 2.45) is 0 Å². The highest BCUT2D eigenvalue weighted by atomic mass is 79.9. The van der Waals surface area contributed by atoms with Gasteiger partial charge in [0.05, 0.1) is 0 Å². The van der Waals surface area contributed by atoms with Gasteiger partial charge in [-0.2, -0.15) is 0 Å². The van der Waals surface area contributed by atoms with Crippen molar-refractivity contribution in [1.29, 1.82) is 0 Å². The van der Waals surface area contributed by atoms with E-state index in [9.17, 15) is 9.59 Å². The first kappa shape index (κ1) is 18.9. The van der Waals surface area contributed by atoms with E-state index in [-0.39, 0.29) is 30.3 Å². The van der Waals surface area contributed by atoms with E-state index in [4.69, 9.17) is 0 Å². The molecule has 0 bridgehead atoms. The molecule has 122 valence electrons. The van der Waals surface area contributed by atoms with E-state index in [1.165, 1.54) is 0 Å². The fourth-order valence-corrected chi connectivity index (χ4v) is 2.53. The number of halogens is 2. The minimum atomic E-state index is -0.158. The topological polar surface area (TPSA) is 70.2 Å². The number of hydrogen-bond acceptors (Lipinski definition) is 3. The third-order valence-electron chi connectivity index (χ3n) is 3.41. The van der Waals surface area contributed by atoms with Crippen LogP contribution >= 0.6 is 28.3 Å². The first-order chi connectivity index (χ1) is 10.1. The van der Waals surface area contributed by atoms with Crippen molar-refractivity contribution in [2.75, 3.05) is 19.6 Å². The molecule has 22 heavy (non-hydrogen) atoms. The summed E-state index contributed by atoms with van der Waals surface area (Å²) in [6.45, 7) is 2.20. The van der Waals surface area contributed by atoms with Gasteiger partial charge < -0.3 is 16.0 Å². The van der Waals surface area contributed by atoms with Crippen LogP contribution in [0.2, 0.25) is 0 Å². The van der Waals surface area contributed by atoms with Crippen molar-refractivity contribution < 1.29 is 9.59 Å². The van der Waals surface area contributed by atoms with Gasteiger partial charge in [0.15, 0.2) is 0 Å². The van der Waals surface area contributed by atoms with E-state index in [1.807, 2.05) is 12.1 Å². The van der Waals surface area contributed by atoms with Crippen LogP contribution in [-0.4, -0.2) is 37.5 Å². The van der Waals surface area contributed by atoms with Gasteiger partial charge >= 0.3 is 0 Å². The zero-order valence-corrected chi connectivity index (χ0v) is 14.6. The Hall–Kier alpha value is -1.11. The predicted octanol–water partition coefficient (Wildman–Crippen LogP) is 1.86. The van der Waals surface area contributed by atoms with Crippen LogP contribution in [-0.2, 0) is 4.79 Å². The molecule has 0 aliphatic carbocycles. The number of amides is 2. The number of carbonyl (C=O) groups excluding carboxylic acids is 2. The molecule has 2 amide bonds. The average Bonchev–Trinajstić information content (AvgIpc) is 2.49. The van der Waals surface area contributed by atoms with Gasteiger partial charge in [-0.25, -0.2) is 0 Å². The second-order valence-corrected chi connectivity index (χ2v) is 6.04. The Morgan fingerprint density at radius 1 is 1.27 bits per heavy atom. The number of rotatable bonds is 5. The van der Waals surface area contributed by atoms with Crippen LogP contribution in [0.1, 0.15) is 29.6 Å². The average molecular weight is 391 g/mol. The van der Waals surface area contributed by atoms with E-state index in [0.29, 0.717) is 18.5 Å². The molecule has 1 aliphatic rings. The molecule has 0 aromatic heterocycles. The molecule has 1 unspecified atom stereocenters. The van der Waals surface area contributed by atoms with Crippen LogP contribution in [0.25, 0.3) is 0 Å². The molecule has 0 radical (unpaired) electrons. The van der Waals surface area contributed by atoms with Crippen molar-refractivity contribution in [1.82, 2.24) is 16.0 Å². The van der Waals surface area contributed by atoms with Crippen molar-refractivity contribution in [3.05, 3.63) is 34.3 Å². The van der Waals surface area contributed by atoms with Gasteiger partial charge in [0, 0.05) is 35.6 Å². The van der Waals surface area contributed by atoms with Gasteiger partial charge in [0.25, 0.3) is 5.91 Å². The first-order valence-corrected chi connectivity index (χ1v) is 7.98. The largest absolute Gasteiger partial charge is 0.352 e. The molecule has 3 N–H and O–H groups in total. The van der Waals surface area contributed by atoms with E-state index < -0.39 is 0 Å². The predicted molar refractivity (Wildman–Crippen MR) is 92.4 cm³/mol. The summed E-state index contributed by atoms with van der Waals surface area (Å²) in [5.41, 5.74) is 0.593. The zero-order chi connectivity index (χ0) is 15.1. The lowest BCUT2D eigenvalue weighted by molar-refractivity contribution is -0.121. The molecule has 1 aromatic carbocycles. The van der Waals surface area contributed by atoms with Crippen LogP contribution in [0, 0.1) is 0 Å². The molecular formula is C15H21BrClN3O2. The fraction of sp³-hybridized carbons (Fsp3) is 0.467. The van der Waals surface area contributed by atoms with Crippen LogP contribution in [0.15, 0.2) is 28.7 Å². The molecule has 7 heteroatoms. The van der Waals surface area contributed by atoms with Gasteiger partial charge in [-0.05, 0) is 43.7 Å². The number of hydrogen-bond donors (Lipinski definition) is 3. The standard InChI is InChI=1S/C15H20BrN3O2.ClH/c16-12-5-3-11(4-6-12)15(21)18-9-7-14(20)19-13-2-1-8-17-10-13;/h3-6,13,17H,1-2,7-10H2,(H,18,21)(H,19,20);1H. The van der Waals surface area contributed by atoms with Gasteiger partial charge in [-0.1, -0.05) is 15.9 Å². The van der Waals surface area contributed by atoms with Gasteiger partial charge in [-0.3, -0.25) is 9.59 Å². The third-order valence-corrected chi connectivity index (χ3v) is 3.93. The van der Waals surface area contributed by atoms with Crippen molar-refractivity contribution in [2.45, 2.75) is 25.3 Å². The number of piperidine rings is 1. The summed E-state index contributed by atoms with van der Waals surface area (Å²) in [6.07, 6.45) is 2.41. The Kier molecular flexibility index (Phi) is 8.45. The van der Waals surface area contributed by atoms with Gasteiger partial charge in [0.2, 0.25) is 5.91 Å². The molecule has 0 spiro atoms. The summed E-state index contributed by atoms with van der Waals surface area (Å²) in [5, 5.41) is 8.99. The molecule has 1 aliphatic heterocycles. The smallest absolute Gasteiger partial charge is 0.251 e. The monoisotopic (exact) mass is 389 g/mol. The van der Waals surface area contributed by atoms with Crippen molar-refractivity contribution >= 4 is 40.2 Å². The molecular weight excluding hydrogens is 370 g/mol. The minimum absolute atomic E-state index is 0. The highest BCUT2D eigenvalue weighted by molar-refractivity contribution is 9.10. The summed E-state index contributed by atoms with van der Waals surface area (Å²) < 4.78 is 0.930. The maximum atomic E-state index is 11.9. The SMILES string of the molecule is Cl.O=C(CCNC(=O)c1ccc(Br)cc1)NC1CCCNC1. The highest BCUT2D eigenvalue weighted by Crippen LogP contribution is 2.10. The maximum Gasteiger partial charge on any atom is 0.251 e. The quantitative estimate of drug-likeness (QED) is 0.719. The Morgan fingerprint density at radius 3 is 2.64 bits per heavy atom. The van der Waals surface area contributed by atoms with Gasteiger partial charge in [-0.15, -0.1) is 12.4 Å². The van der Waals surface area contributed by atoms with E-state index in [0.717, 1.165) is 30.4 Å². The lowest BCUT2D eigenvalue weighted by Gasteiger charge is -2.23. The molecule has 1 fully saturated rings. The minimum Gasteiger partial charge on any atom is -0.352 e. The number of carbonyl (C=O) groups is 2. The number of benzene rings is 1. The Labute approximate surface area is 145 Å². The first-order valence-electron chi connectivity index (χ1n) is 7.19. The second kappa shape index (κ2) is 9.82. The maximum absolute atomic E-state index is 11.9. The Bertz CT molecular complexity index is 490. The molecule has 1 saturated heterocycles. The molecule has 5 nitrogen and oxygen atoms in total. The summed E-state index contributed by atoms with van der Waals surface area (Å²) in [4.78, 5) is 23.6. The van der Waals surface area contributed by atoms with Crippen molar-refractivity contribution in [3.63, 3.8) is 0 Å². The number of nitrogens with one attached hydrogen (secondary N) is 3. The van der Waals surface area contributed by atoms with Gasteiger partial charge in [0.1, 0.15) is 0 Å². The lowest BCUT2D eigenvalue weighted by atomic mass is 10.1. The summed E-state index contributed by atoms with van der Waals surface area (Å²) in [6, 6.07) is 7.34. The summed E-state index contributed by atoms with van der Waals surface area (Å²) in [7, 11) is 0. The summed E-state index contributed by atoms with van der Waals surface area (Å²) >= 11 is 3.32. The molecule has 0 saturated carbocycles. The molecule has 1 aromatic rings.